The predicted molar refractivity (Wildman–Crippen MR) is 44.8 cm³/mol. The molecular weight excluding hydrogens is 178 g/mol. The first-order valence-corrected chi connectivity index (χ1v) is 5.64. The van der Waals surface area contributed by atoms with Gasteiger partial charge in [0.25, 0.3) is 0 Å². The van der Waals surface area contributed by atoms with Crippen molar-refractivity contribution < 1.29 is 13.0 Å². The van der Waals surface area contributed by atoms with Crippen LogP contribution < -0.4 is 0 Å². The van der Waals surface area contributed by atoms with Crippen LogP contribution in [0.3, 0.4) is 0 Å². The molecule has 0 aromatic rings. The second-order valence-electron chi connectivity index (χ2n) is 3.64. The Balaban J connectivity index is 2.27. The van der Waals surface area contributed by atoms with Gasteiger partial charge in [-0.1, -0.05) is 0 Å². The number of likely N-dealkylation sites (tertiary alicyclic amines) is 1. The van der Waals surface area contributed by atoms with Crippen LogP contribution in [0.1, 0.15) is 13.8 Å². The van der Waals surface area contributed by atoms with Crippen LogP contribution in [0.25, 0.3) is 0 Å². The van der Waals surface area contributed by atoms with E-state index in [-0.39, 0.29) is 11.7 Å². The van der Waals surface area contributed by atoms with Gasteiger partial charge < -0.3 is 9.45 Å². The van der Waals surface area contributed by atoms with Gasteiger partial charge in [-0.25, -0.2) is 8.42 Å². The van der Waals surface area contributed by atoms with Crippen LogP contribution in [-0.2, 0) is 10.1 Å². The highest BCUT2D eigenvalue weighted by Gasteiger charge is 2.29. The fraction of sp³-hybridized carbons (Fsp3) is 1.00. The van der Waals surface area contributed by atoms with Gasteiger partial charge in [0.15, 0.2) is 0 Å². The van der Waals surface area contributed by atoms with Crippen molar-refractivity contribution in [1.82, 2.24) is 4.90 Å². The molecule has 1 aliphatic heterocycles. The number of hydrogen-bond donors (Lipinski definition) is 0. The lowest BCUT2D eigenvalue weighted by molar-refractivity contribution is 0.0793. The fourth-order valence-electron chi connectivity index (χ4n) is 1.43. The van der Waals surface area contributed by atoms with Crippen molar-refractivity contribution in [3.63, 3.8) is 0 Å². The normalized spacial score (nSPS) is 21.3. The quantitative estimate of drug-likeness (QED) is 0.584. The molecule has 0 amide bonds. The zero-order valence-electron chi connectivity index (χ0n) is 7.36. The number of hydrogen-bond acceptors (Lipinski definition) is 4. The molecule has 0 aromatic heterocycles. The highest BCUT2D eigenvalue weighted by molar-refractivity contribution is 7.85. The fourth-order valence-corrected chi connectivity index (χ4v) is 2.21. The summed E-state index contributed by atoms with van der Waals surface area (Å²) in [6, 6.07) is 0.454. The van der Waals surface area contributed by atoms with Gasteiger partial charge in [-0.05, 0) is 19.8 Å². The maximum atomic E-state index is 10.3. The molecule has 5 heteroatoms. The van der Waals surface area contributed by atoms with Crippen molar-refractivity contribution in [2.45, 2.75) is 19.9 Å². The molecule has 0 spiro atoms. The molecule has 1 heterocycles. The SMILES string of the molecule is CC(C)N1CC(CS(=O)(=O)[O-])C1. The van der Waals surface area contributed by atoms with Gasteiger partial charge in [-0.2, -0.15) is 0 Å². The summed E-state index contributed by atoms with van der Waals surface area (Å²) < 4.78 is 31.0. The molecule has 12 heavy (non-hydrogen) atoms. The summed E-state index contributed by atoms with van der Waals surface area (Å²) in [7, 11) is -4.01. The molecule has 0 unspecified atom stereocenters. The third-order valence-electron chi connectivity index (χ3n) is 2.16. The second-order valence-corrected chi connectivity index (χ2v) is 5.09. The molecule has 0 aromatic carbocycles. The van der Waals surface area contributed by atoms with Crippen LogP contribution in [0.5, 0.6) is 0 Å². The Hall–Kier alpha value is -0.130. The zero-order valence-corrected chi connectivity index (χ0v) is 8.17. The summed E-state index contributed by atoms with van der Waals surface area (Å²) in [6.07, 6.45) is 0. The van der Waals surface area contributed by atoms with Gasteiger partial charge in [0.1, 0.15) is 0 Å². The lowest BCUT2D eigenvalue weighted by atomic mass is 10.0. The first-order chi connectivity index (χ1) is 5.38. The van der Waals surface area contributed by atoms with Crippen molar-refractivity contribution in [3.05, 3.63) is 0 Å². The summed E-state index contributed by atoms with van der Waals surface area (Å²) >= 11 is 0. The lowest BCUT2D eigenvalue weighted by Gasteiger charge is -2.42. The van der Waals surface area contributed by atoms with Gasteiger partial charge in [-0.3, -0.25) is 0 Å². The summed E-state index contributed by atoms with van der Waals surface area (Å²) in [5.74, 6) is -0.133. The smallest absolute Gasteiger partial charge is 0.0949 e. The van der Waals surface area contributed by atoms with E-state index in [1.54, 1.807) is 0 Å². The summed E-state index contributed by atoms with van der Waals surface area (Å²) in [4.78, 5) is 2.15. The van der Waals surface area contributed by atoms with Crippen LogP contribution in [0, 0.1) is 5.92 Å². The van der Waals surface area contributed by atoms with E-state index in [1.165, 1.54) is 0 Å². The molecule has 0 N–H and O–H groups in total. The van der Waals surface area contributed by atoms with Crippen molar-refractivity contribution >= 4 is 10.1 Å². The van der Waals surface area contributed by atoms with Gasteiger partial charge in [0, 0.05) is 24.9 Å². The van der Waals surface area contributed by atoms with Gasteiger partial charge >= 0.3 is 0 Å². The van der Waals surface area contributed by atoms with Crippen molar-refractivity contribution in [3.8, 4) is 0 Å². The third kappa shape index (κ3) is 2.73. The molecule has 4 nitrogen and oxygen atoms in total. The van der Waals surface area contributed by atoms with Crippen LogP contribution >= 0.6 is 0 Å². The standard InChI is InChI=1S/C7H15NO3S/c1-6(2)8-3-7(4-8)5-12(9,10)11/h6-7H,3-5H2,1-2H3,(H,9,10,11)/p-1. The van der Waals surface area contributed by atoms with Crippen LogP contribution in [0.4, 0.5) is 0 Å². The largest absolute Gasteiger partial charge is 0.748 e. The minimum atomic E-state index is -4.01. The lowest BCUT2D eigenvalue weighted by Crippen LogP contribution is -2.52. The van der Waals surface area contributed by atoms with E-state index in [0.717, 1.165) is 13.1 Å². The Morgan fingerprint density at radius 3 is 2.33 bits per heavy atom. The van der Waals surface area contributed by atoms with Crippen molar-refractivity contribution in [2.24, 2.45) is 5.92 Å². The Morgan fingerprint density at radius 2 is 2.00 bits per heavy atom. The minimum Gasteiger partial charge on any atom is -0.748 e. The summed E-state index contributed by atoms with van der Waals surface area (Å²) in [5, 5.41) is 0. The predicted octanol–water partition coefficient (Wildman–Crippen LogP) is -0.128. The Morgan fingerprint density at radius 1 is 1.50 bits per heavy atom. The molecule has 0 aliphatic carbocycles. The van der Waals surface area contributed by atoms with E-state index in [2.05, 4.69) is 18.7 Å². The minimum absolute atomic E-state index is 0.0647. The highest BCUT2D eigenvalue weighted by Crippen LogP contribution is 2.19. The summed E-state index contributed by atoms with van der Waals surface area (Å²) in [5.41, 5.74) is 0. The van der Waals surface area contributed by atoms with Crippen molar-refractivity contribution in [1.29, 1.82) is 0 Å². The average Bonchev–Trinajstić information content (AvgIpc) is 1.74. The molecule has 72 valence electrons. The van der Waals surface area contributed by atoms with E-state index in [9.17, 15) is 13.0 Å². The van der Waals surface area contributed by atoms with Gasteiger partial charge in [0.2, 0.25) is 0 Å². The van der Waals surface area contributed by atoms with Gasteiger partial charge in [-0.15, -0.1) is 0 Å². The Labute approximate surface area is 73.3 Å². The highest BCUT2D eigenvalue weighted by atomic mass is 32.2. The maximum Gasteiger partial charge on any atom is 0.0949 e. The first-order valence-electron chi connectivity index (χ1n) is 4.06. The molecule has 0 bridgehead atoms. The molecule has 1 fully saturated rings. The number of nitrogens with zero attached hydrogens (tertiary/aromatic N) is 1. The zero-order chi connectivity index (χ0) is 9.35. The van der Waals surface area contributed by atoms with Crippen LogP contribution in [0.15, 0.2) is 0 Å². The van der Waals surface area contributed by atoms with E-state index in [4.69, 9.17) is 0 Å². The van der Waals surface area contributed by atoms with Crippen LogP contribution in [0.2, 0.25) is 0 Å². The second kappa shape index (κ2) is 3.32. The molecular formula is C7H14NO3S-. The third-order valence-corrected chi connectivity index (χ3v) is 3.04. The molecule has 0 atom stereocenters. The molecule has 0 saturated carbocycles. The van der Waals surface area contributed by atoms with E-state index < -0.39 is 10.1 Å². The monoisotopic (exact) mass is 192 g/mol. The topological polar surface area (TPSA) is 60.4 Å². The molecule has 0 radical (unpaired) electrons. The van der Waals surface area contributed by atoms with Gasteiger partial charge in [0.05, 0.1) is 10.1 Å². The molecule has 1 aliphatic rings. The van der Waals surface area contributed by atoms with E-state index in [0.29, 0.717) is 6.04 Å². The van der Waals surface area contributed by atoms with E-state index in [1.807, 2.05) is 0 Å². The number of rotatable bonds is 3. The average molecular weight is 192 g/mol. The van der Waals surface area contributed by atoms with Crippen molar-refractivity contribution in [2.75, 3.05) is 18.8 Å². The van der Waals surface area contributed by atoms with Crippen LogP contribution in [-0.4, -0.2) is 42.8 Å². The Bertz CT molecular complexity index is 241. The Kier molecular flexibility index (Phi) is 2.75. The molecule has 1 rings (SSSR count). The summed E-state index contributed by atoms with van der Waals surface area (Å²) in [6.45, 7) is 5.61. The maximum absolute atomic E-state index is 10.3. The van der Waals surface area contributed by atoms with E-state index >= 15 is 0 Å². The molecule has 1 saturated heterocycles. The first kappa shape index (κ1) is 9.95.